The number of hydrogen-bond acceptors (Lipinski definition) is 3. The van der Waals surface area contributed by atoms with Crippen molar-refractivity contribution in [1.29, 1.82) is 0 Å². The molecular weight excluding hydrogens is 669 g/mol. The zero-order chi connectivity index (χ0) is 36.3. The van der Waals surface area contributed by atoms with Gasteiger partial charge in [-0.1, -0.05) is 146 Å². The van der Waals surface area contributed by atoms with Gasteiger partial charge in [-0.25, -0.2) is 9.97 Å². The molecule has 11 rings (SSSR count). The first-order chi connectivity index (χ1) is 27.3. The Balaban J connectivity index is 1.09. The summed E-state index contributed by atoms with van der Waals surface area (Å²) in [6.45, 7) is 0. The predicted molar refractivity (Wildman–Crippen MR) is 228 cm³/mol. The summed E-state index contributed by atoms with van der Waals surface area (Å²) >= 11 is 0. The summed E-state index contributed by atoms with van der Waals surface area (Å²) in [4.78, 5) is 14.4. The molecule has 3 heterocycles. The molecule has 4 nitrogen and oxygen atoms in total. The lowest BCUT2D eigenvalue weighted by Gasteiger charge is -2.14. The van der Waals surface area contributed by atoms with E-state index in [0.717, 1.165) is 44.9 Å². The van der Waals surface area contributed by atoms with Crippen LogP contribution < -0.4 is 0 Å². The van der Waals surface area contributed by atoms with Gasteiger partial charge in [-0.05, 0) is 74.5 Å². The summed E-state index contributed by atoms with van der Waals surface area (Å²) in [6.07, 6.45) is 3.65. The van der Waals surface area contributed by atoms with Crippen molar-refractivity contribution < 1.29 is 0 Å². The van der Waals surface area contributed by atoms with Crippen LogP contribution in [0.2, 0.25) is 0 Å². The van der Waals surface area contributed by atoms with Crippen LogP contribution >= 0.6 is 0 Å². The molecule has 0 saturated carbocycles. The van der Waals surface area contributed by atoms with Crippen molar-refractivity contribution in [2.24, 2.45) is 0 Å². The van der Waals surface area contributed by atoms with Crippen molar-refractivity contribution in [1.82, 2.24) is 19.5 Å². The fourth-order valence-corrected chi connectivity index (χ4v) is 8.33. The predicted octanol–water partition coefficient (Wildman–Crippen LogP) is 13.1. The van der Waals surface area contributed by atoms with Gasteiger partial charge in [0.2, 0.25) is 0 Å². The van der Waals surface area contributed by atoms with E-state index in [1.165, 1.54) is 54.1 Å². The molecule has 0 fully saturated rings. The molecule has 3 aromatic heterocycles. The van der Waals surface area contributed by atoms with Crippen molar-refractivity contribution in [3.63, 3.8) is 0 Å². The Bertz CT molecular complexity index is 3220. The highest BCUT2D eigenvalue weighted by Gasteiger charge is 2.20. The van der Waals surface area contributed by atoms with Crippen molar-refractivity contribution in [3.05, 3.63) is 194 Å². The molecule has 4 heteroatoms. The fraction of sp³-hybridized carbons (Fsp3) is 0. The van der Waals surface area contributed by atoms with E-state index < -0.39 is 0 Å². The molecule has 0 saturated heterocycles. The average Bonchev–Trinajstić information content (AvgIpc) is 3.62. The van der Waals surface area contributed by atoms with Crippen LogP contribution in [0.1, 0.15) is 0 Å². The monoisotopic (exact) mass is 700 g/mol. The van der Waals surface area contributed by atoms with E-state index in [9.17, 15) is 0 Å². The van der Waals surface area contributed by atoms with Crippen LogP contribution in [0.5, 0.6) is 0 Å². The maximum Gasteiger partial charge on any atom is 0.160 e. The summed E-state index contributed by atoms with van der Waals surface area (Å²) < 4.78 is 2.44. The summed E-state index contributed by atoms with van der Waals surface area (Å²) in [5, 5.41) is 10.1. The third-order valence-corrected chi connectivity index (χ3v) is 10.9. The van der Waals surface area contributed by atoms with Gasteiger partial charge in [0, 0.05) is 50.9 Å². The zero-order valence-electron chi connectivity index (χ0n) is 29.8. The van der Waals surface area contributed by atoms with Crippen molar-refractivity contribution in [2.75, 3.05) is 0 Å². The van der Waals surface area contributed by atoms with Gasteiger partial charge in [-0.3, -0.25) is 4.98 Å². The second-order valence-electron chi connectivity index (χ2n) is 14.0. The van der Waals surface area contributed by atoms with E-state index in [-0.39, 0.29) is 0 Å². The summed E-state index contributed by atoms with van der Waals surface area (Å²) in [5.74, 6) is 0.698. The van der Waals surface area contributed by atoms with Crippen LogP contribution in [0.15, 0.2) is 194 Å². The van der Waals surface area contributed by atoms with Gasteiger partial charge in [-0.15, -0.1) is 0 Å². The van der Waals surface area contributed by atoms with E-state index in [2.05, 4.69) is 161 Å². The smallest absolute Gasteiger partial charge is 0.160 e. The number of rotatable bonds is 5. The van der Waals surface area contributed by atoms with Gasteiger partial charge < -0.3 is 4.57 Å². The molecule has 0 aliphatic carbocycles. The lowest BCUT2D eigenvalue weighted by molar-refractivity contribution is 1.17. The normalized spacial score (nSPS) is 11.6. The molecule has 0 bridgehead atoms. The van der Waals surface area contributed by atoms with Crippen LogP contribution in [0.3, 0.4) is 0 Å². The summed E-state index contributed by atoms with van der Waals surface area (Å²) in [6, 6.07) is 64.8. The second-order valence-corrected chi connectivity index (χ2v) is 14.0. The van der Waals surface area contributed by atoms with E-state index in [0.29, 0.717) is 5.82 Å². The lowest BCUT2D eigenvalue weighted by atomic mass is 9.93. The van der Waals surface area contributed by atoms with E-state index in [1.54, 1.807) is 0 Å². The number of aromatic nitrogens is 4. The van der Waals surface area contributed by atoms with Crippen LogP contribution in [0.25, 0.3) is 105 Å². The Morgan fingerprint density at radius 3 is 1.69 bits per heavy atom. The molecule has 11 aromatic rings. The van der Waals surface area contributed by atoms with Gasteiger partial charge in [-0.2, -0.15) is 0 Å². The zero-order valence-corrected chi connectivity index (χ0v) is 29.8. The van der Waals surface area contributed by atoms with Crippen LogP contribution in [-0.2, 0) is 0 Å². The topological polar surface area (TPSA) is 43.6 Å². The first-order valence-electron chi connectivity index (χ1n) is 18.6. The van der Waals surface area contributed by atoms with E-state index >= 15 is 0 Å². The highest BCUT2D eigenvalue weighted by atomic mass is 15.0. The van der Waals surface area contributed by atoms with E-state index in [1.807, 2.05) is 42.7 Å². The molecule has 0 aliphatic heterocycles. The van der Waals surface area contributed by atoms with Gasteiger partial charge in [0.05, 0.1) is 22.4 Å². The van der Waals surface area contributed by atoms with Gasteiger partial charge >= 0.3 is 0 Å². The highest BCUT2D eigenvalue weighted by Crippen LogP contribution is 2.44. The average molecular weight is 701 g/mol. The molecule has 0 amide bonds. The number of fused-ring (bicyclic) bond motifs is 10. The Morgan fingerprint density at radius 1 is 0.364 bits per heavy atom. The number of hydrogen-bond donors (Lipinski definition) is 0. The van der Waals surface area contributed by atoms with Gasteiger partial charge in [0.15, 0.2) is 5.82 Å². The minimum Gasteiger partial charge on any atom is -0.309 e. The largest absolute Gasteiger partial charge is 0.309 e. The second kappa shape index (κ2) is 12.6. The third-order valence-electron chi connectivity index (χ3n) is 10.9. The van der Waals surface area contributed by atoms with Crippen molar-refractivity contribution in [3.8, 4) is 50.7 Å². The number of nitrogens with zero attached hydrogens (tertiary/aromatic N) is 4. The van der Waals surface area contributed by atoms with Crippen LogP contribution in [-0.4, -0.2) is 19.5 Å². The number of pyridine rings is 1. The molecule has 0 aliphatic rings. The first-order valence-corrected chi connectivity index (χ1v) is 18.6. The molecule has 0 radical (unpaired) electrons. The molecule has 256 valence electrons. The van der Waals surface area contributed by atoms with Gasteiger partial charge in [0.25, 0.3) is 0 Å². The molecule has 8 aromatic carbocycles. The standard InChI is InChI=1S/C51H32N4/c1-2-11-38(12-3-1)51-53-45(36-20-18-33(19-21-36)34-28-30-52-31-29-34)32-46(54-51)37-22-25-39(26-23-37)55-47-17-9-8-16-43(47)49-44-27-24-35-10-4-5-13-40(35)48(44)41-14-6-7-15-42(41)50(49)55/h1-32H. The van der Waals surface area contributed by atoms with Crippen LogP contribution in [0, 0.1) is 0 Å². The highest BCUT2D eigenvalue weighted by molar-refractivity contribution is 6.36. The molecule has 55 heavy (non-hydrogen) atoms. The maximum absolute atomic E-state index is 5.13. The Hall–Kier alpha value is -7.43. The third kappa shape index (κ3) is 5.11. The van der Waals surface area contributed by atoms with Crippen molar-refractivity contribution >= 4 is 54.1 Å². The molecule has 0 unspecified atom stereocenters. The van der Waals surface area contributed by atoms with E-state index in [4.69, 9.17) is 9.97 Å². The summed E-state index contributed by atoms with van der Waals surface area (Å²) in [5.41, 5.74) is 10.6. The maximum atomic E-state index is 5.13. The Labute approximate surface area is 317 Å². The minimum atomic E-state index is 0.698. The first kappa shape index (κ1) is 31.1. The number of para-hydroxylation sites is 1. The Kier molecular flexibility index (Phi) is 7.14. The van der Waals surface area contributed by atoms with Crippen molar-refractivity contribution in [2.45, 2.75) is 0 Å². The molecule has 0 atom stereocenters. The fourth-order valence-electron chi connectivity index (χ4n) is 8.33. The quantitative estimate of drug-likeness (QED) is 0.168. The number of benzene rings is 8. The molecule has 0 spiro atoms. The molecular formula is C51H32N4. The molecule has 0 N–H and O–H groups in total. The lowest BCUT2D eigenvalue weighted by Crippen LogP contribution is -1.97. The minimum absolute atomic E-state index is 0.698. The Morgan fingerprint density at radius 2 is 0.945 bits per heavy atom. The van der Waals surface area contributed by atoms with Gasteiger partial charge in [0.1, 0.15) is 0 Å². The SMILES string of the molecule is c1ccc(-c2nc(-c3ccc(-c4ccncc4)cc3)cc(-c3ccc(-n4c5ccccc5c5c6ccc7ccccc7c6c6ccccc6c54)cc3)n2)cc1. The summed E-state index contributed by atoms with van der Waals surface area (Å²) in [7, 11) is 0. The van der Waals surface area contributed by atoms with Crippen LogP contribution in [0.4, 0.5) is 0 Å².